The Morgan fingerprint density at radius 3 is 2.67 bits per heavy atom. The average molecular weight is 378 g/mol. The highest BCUT2D eigenvalue weighted by molar-refractivity contribution is 7.10. The number of benzene rings is 2. The number of hydrogen-bond acceptors (Lipinski definition) is 4. The molecule has 0 N–H and O–H groups in total. The number of aryl methyl sites for hydroxylation is 1. The average Bonchev–Trinajstić information content (AvgIpc) is 3.15. The summed E-state index contributed by atoms with van der Waals surface area (Å²) in [6.45, 7) is 2.29. The van der Waals surface area contributed by atoms with Gasteiger partial charge in [0.2, 0.25) is 0 Å². The number of nitro benzene ring substituents is 1. The van der Waals surface area contributed by atoms with Gasteiger partial charge < -0.3 is 4.90 Å². The third kappa shape index (κ3) is 3.13. The third-order valence-corrected chi connectivity index (χ3v) is 5.98. The molecule has 136 valence electrons. The predicted octanol–water partition coefficient (Wildman–Crippen LogP) is 4.75. The Bertz CT molecular complexity index is 1010. The van der Waals surface area contributed by atoms with Crippen LogP contribution in [-0.4, -0.2) is 22.3 Å². The van der Waals surface area contributed by atoms with Crippen molar-refractivity contribution in [2.75, 3.05) is 6.54 Å². The van der Waals surface area contributed by atoms with Crippen molar-refractivity contribution < 1.29 is 9.72 Å². The maximum atomic E-state index is 13.3. The van der Waals surface area contributed by atoms with E-state index in [-0.39, 0.29) is 17.6 Å². The van der Waals surface area contributed by atoms with E-state index in [0.717, 1.165) is 12.0 Å². The highest BCUT2D eigenvalue weighted by Gasteiger charge is 2.33. The van der Waals surface area contributed by atoms with Gasteiger partial charge >= 0.3 is 0 Å². The van der Waals surface area contributed by atoms with Crippen molar-refractivity contribution in [3.05, 3.63) is 97.2 Å². The van der Waals surface area contributed by atoms with Crippen LogP contribution in [0.25, 0.3) is 0 Å². The van der Waals surface area contributed by atoms with Crippen LogP contribution in [0.2, 0.25) is 0 Å². The van der Waals surface area contributed by atoms with Gasteiger partial charge in [0.15, 0.2) is 0 Å². The van der Waals surface area contributed by atoms with E-state index in [0.29, 0.717) is 17.7 Å². The summed E-state index contributed by atoms with van der Waals surface area (Å²) in [4.78, 5) is 27.1. The second-order valence-electron chi connectivity index (χ2n) is 6.62. The Morgan fingerprint density at radius 2 is 1.96 bits per heavy atom. The summed E-state index contributed by atoms with van der Waals surface area (Å²) < 4.78 is 0. The lowest BCUT2D eigenvalue weighted by Gasteiger charge is -2.36. The minimum Gasteiger partial charge on any atom is -0.327 e. The van der Waals surface area contributed by atoms with E-state index >= 15 is 0 Å². The molecule has 1 amide bonds. The van der Waals surface area contributed by atoms with Crippen LogP contribution in [0.4, 0.5) is 5.69 Å². The quantitative estimate of drug-likeness (QED) is 0.488. The van der Waals surface area contributed by atoms with Gasteiger partial charge in [-0.05, 0) is 48.1 Å². The summed E-state index contributed by atoms with van der Waals surface area (Å²) >= 11 is 1.73. The van der Waals surface area contributed by atoms with E-state index in [1.54, 1.807) is 30.4 Å². The number of nitro groups is 1. The van der Waals surface area contributed by atoms with Crippen LogP contribution in [0, 0.1) is 17.0 Å². The number of carbonyl (C=O) groups is 1. The zero-order valence-electron chi connectivity index (χ0n) is 14.8. The van der Waals surface area contributed by atoms with Crippen molar-refractivity contribution in [3.8, 4) is 0 Å². The van der Waals surface area contributed by atoms with Crippen molar-refractivity contribution >= 4 is 22.9 Å². The normalized spacial score (nSPS) is 16.0. The van der Waals surface area contributed by atoms with E-state index < -0.39 is 4.92 Å². The monoisotopic (exact) mass is 378 g/mol. The molecule has 0 saturated heterocycles. The van der Waals surface area contributed by atoms with Crippen LogP contribution in [0.1, 0.15) is 38.0 Å². The Balaban J connectivity index is 1.74. The van der Waals surface area contributed by atoms with Crippen molar-refractivity contribution in [3.63, 3.8) is 0 Å². The number of fused-ring (bicyclic) bond motifs is 1. The molecule has 6 heteroatoms. The number of rotatable bonds is 3. The van der Waals surface area contributed by atoms with Crippen LogP contribution in [0.15, 0.2) is 60.0 Å². The Labute approximate surface area is 161 Å². The zero-order chi connectivity index (χ0) is 19.0. The molecule has 27 heavy (non-hydrogen) atoms. The molecule has 1 aliphatic heterocycles. The standard InChI is InChI=1S/C21H18N2O3S/c1-14-13-16(7-8-18(14)23(25)26)21(24)22-11-9-19-17(10-12-27-19)20(22)15-5-3-2-4-6-15/h2-8,10,12-13,20H,9,11H2,1H3. The van der Waals surface area contributed by atoms with Crippen molar-refractivity contribution in [2.24, 2.45) is 0 Å². The summed E-state index contributed by atoms with van der Waals surface area (Å²) in [5.74, 6) is -0.0984. The SMILES string of the molecule is Cc1cc(C(=O)N2CCc3sccc3C2c2ccccc2)ccc1[N+](=O)[O-]. The van der Waals surface area contributed by atoms with Gasteiger partial charge in [0.25, 0.3) is 11.6 Å². The fraction of sp³-hybridized carbons (Fsp3) is 0.190. The molecule has 0 aliphatic carbocycles. The molecule has 0 fully saturated rings. The van der Waals surface area contributed by atoms with E-state index in [4.69, 9.17) is 0 Å². The van der Waals surface area contributed by atoms with Crippen molar-refractivity contribution in [1.82, 2.24) is 4.90 Å². The molecule has 1 atom stereocenters. The largest absolute Gasteiger partial charge is 0.327 e. The number of amides is 1. The molecule has 4 rings (SSSR count). The molecule has 1 aromatic heterocycles. The first-order valence-electron chi connectivity index (χ1n) is 8.73. The van der Waals surface area contributed by atoms with Crippen molar-refractivity contribution in [1.29, 1.82) is 0 Å². The first kappa shape index (κ1) is 17.4. The minimum absolute atomic E-state index is 0.0323. The molecule has 0 radical (unpaired) electrons. The lowest BCUT2D eigenvalue weighted by atomic mass is 9.92. The second-order valence-corrected chi connectivity index (χ2v) is 7.62. The number of carbonyl (C=O) groups excluding carboxylic acids is 1. The molecule has 0 spiro atoms. The third-order valence-electron chi connectivity index (χ3n) is 4.98. The van der Waals surface area contributed by atoms with Gasteiger partial charge in [-0.3, -0.25) is 14.9 Å². The molecule has 1 aliphatic rings. The number of thiophene rings is 1. The van der Waals surface area contributed by atoms with E-state index in [1.165, 1.54) is 16.5 Å². The van der Waals surface area contributed by atoms with Crippen molar-refractivity contribution in [2.45, 2.75) is 19.4 Å². The van der Waals surface area contributed by atoms with E-state index in [1.807, 2.05) is 35.2 Å². The maximum absolute atomic E-state index is 13.3. The van der Waals surface area contributed by atoms with Gasteiger partial charge in [0, 0.05) is 28.6 Å². The smallest absolute Gasteiger partial charge is 0.272 e. The summed E-state index contributed by atoms with van der Waals surface area (Å²) in [6.07, 6.45) is 0.827. The molecule has 0 saturated carbocycles. The predicted molar refractivity (Wildman–Crippen MR) is 105 cm³/mol. The number of nitrogens with zero attached hydrogens (tertiary/aromatic N) is 2. The zero-order valence-corrected chi connectivity index (χ0v) is 15.6. The van der Waals surface area contributed by atoms with Gasteiger partial charge in [-0.1, -0.05) is 30.3 Å². The van der Waals surface area contributed by atoms with Crippen LogP contribution in [0.5, 0.6) is 0 Å². The molecule has 5 nitrogen and oxygen atoms in total. The van der Waals surface area contributed by atoms with E-state index in [2.05, 4.69) is 11.4 Å². The van der Waals surface area contributed by atoms with Gasteiger partial charge in [-0.2, -0.15) is 0 Å². The lowest BCUT2D eigenvalue weighted by molar-refractivity contribution is -0.385. The van der Waals surface area contributed by atoms with Gasteiger partial charge in [-0.15, -0.1) is 11.3 Å². The molecule has 1 unspecified atom stereocenters. The first-order chi connectivity index (χ1) is 13.1. The van der Waals surface area contributed by atoms with Gasteiger partial charge in [0.05, 0.1) is 11.0 Å². The summed E-state index contributed by atoms with van der Waals surface area (Å²) in [5.41, 5.74) is 3.26. The van der Waals surface area contributed by atoms with Crippen LogP contribution in [0.3, 0.4) is 0 Å². The van der Waals surface area contributed by atoms with Crippen LogP contribution >= 0.6 is 11.3 Å². The molecule has 2 heterocycles. The second kappa shape index (κ2) is 6.96. The summed E-state index contributed by atoms with van der Waals surface area (Å²) in [7, 11) is 0. The lowest BCUT2D eigenvalue weighted by Crippen LogP contribution is -2.40. The Hall–Kier alpha value is -2.99. The molecule has 0 bridgehead atoms. The highest BCUT2D eigenvalue weighted by Crippen LogP contribution is 2.38. The maximum Gasteiger partial charge on any atom is 0.272 e. The van der Waals surface area contributed by atoms with Gasteiger partial charge in [0.1, 0.15) is 0 Å². The van der Waals surface area contributed by atoms with Crippen LogP contribution in [-0.2, 0) is 6.42 Å². The summed E-state index contributed by atoms with van der Waals surface area (Å²) in [6, 6.07) is 16.6. The summed E-state index contributed by atoms with van der Waals surface area (Å²) in [5, 5.41) is 13.1. The van der Waals surface area contributed by atoms with E-state index in [9.17, 15) is 14.9 Å². The molecular formula is C21H18N2O3S. The molecular weight excluding hydrogens is 360 g/mol. The Kier molecular flexibility index (Phi) is 4.49. The fourth-order valence-electron chi connectivity index (χ4n) is 3.69. The fourth-order valence-corrected chi connectivity index (χ4v) is 4.59. The molecule has 2 aromatic carbocycles. The number of hydrogen-bond donors (Lipinski definition) is 0. The molecule has 3 aromatic rings. The van der Waals surface area contributed by atoms with Gasteiger partial charge in [-0.25, -0.2) is 0 Å². The van der Waals surface area contributed by atoms with Crippen LogP contribution < -0.4 is 0 Å². The minimum atomic E-state index is -0.422. The first-order valence-corrected chi connectivity index (χ1v) is 9.61. The topological polar surface area (TPSA) is 63.5 Å². The Morgan fingerprint density at radius 1 is 1.19 bits per heavy atom. The highest BCUT2D eigenvalue weighted by atomic mass is 32.1.